The van der Waals surface area contributed by atoms with Gasteiger partial charge in [0.05, 0.1) is 22.8 Å². The van der Waals surface area contributed by atoms with Crippen LogP contribution < -0.4 is 14.9 Å². The summed E-state index contributed by atoms with van der Waals surface area (Å²) in [5.41, 5.74) is 5.52. The van der Waals surface area contributed by atoms with E-state index in [1.165, 1.54) is 32.4 Å². The van der Waals surface area contributed by atoms with Crippen molar-refractivity contribution >= 4 is 11.9 Å². The number of carboxylic acid groups (broad SMARTS) is 2. The molecule has 1 fully saturated rings. The summed E-state index contributed by atoms with van der Waals surface area (Å²) >= 11 is 0. The Balaban J connectivity index is 0.000000612. The van der Waals surface area contributed by atoms with Gasteiger partial charge in [0.2, 0.25) is 0 Å². The summed E-state index contributed by atoms with van der Waals surface area (Å²) in [6.45, 7) is 6.05. The fourth-order valence-electron chi connectivity index (χ4n) is 4.21. The van der Waals surface area contributed by atoms with E-state index in [2.05, 4.69) is 39.1 Å². The topological polar surface area (TPSA) is 131 Å². The molecule has 5 rings (SSSR count). The molecule has 10 heteroatoms. The molecular weight excluding hydrogens is 586 g/mol. The molecule has 214 valence electrons. The van der Waals surface area contributed by atoms with E-state index in [0.717, 1.165) is 66.7 Å². The standard InChI is InChI=1S/C28H28N4O.2C2H4O2.Zn/c1-6-16-32(17-7-1)18-19-33-24-12-10-22(11-13-24)23-20-27(25-8-2-4-14-29-25)31-28(21-23)26-9-3-5-15-30-26;2*1-2(3)4;/h2-5,8-15,20-21H,1,6-7,16-19H2;2*1H3,(H,3,4);/q;;;+2/p-2. The van der Waals surface area contributed by atoms with Gasteiger partial charge in [0.1, 0.15) is 12.4 Å². The van der Waals surface area contributed by atoms with Gasteiger partial charge in [0.25, 0.3) is 0 Å². The van der Waals surface area contributed by atoms with Crippen LogP contribution in [0.3, 0.4) is 0 Å². The molecule has 3 aromatic heterocycles. The van der Waals surface area contributed by atoms with E-state index < -0.39 is 11.9 Å². The third-order valence-electron chi connectivity index (χ3n) is 5.99. The van der Waals surface area contributed by atoms with Crippen LogP contribution in [0.1, 0.15) is 33.1 Å². The largest absolute Gasteiger partial charge is 2.00 e. The molecular formula is C32H34N4O5Zn. The van der Waals surface area contributed by atoms with E-state index in [1.807, 2.05) is 48.5 Å². The van der Waals surface area contributed by atoms with E-state index in [-0.39, 0.29) is 19.5 Å². The van der Waals surface area contributed by atoms with Crippen molar-refractivity contribution in [3.63, 3.8) is 0 Å². The van der Waals surface area contributed by atoms with Crippen molar-refractivity contribution in [1.29, 1.82) is 0 Å². The normalized spacial score (nSPS) is 12.3. The number of nitrogens with zero attached hydrogens (tertiary/aromatic N) is 4. The minimum atomic E-state index is -1.08. The molecule has 0 amide bonds. The molecule has 0 bridgehead atoms. The summed E-state index contributed by atoms with van der Waals surface area (Å²) < 4.78 is 6.01. The van der Waals surface area contributed by atoms with Crippen LogP contribution >= 0.6 is 0 Å². The van der Waals surface area contributed by atoms with E-state index in [9.17, 15) is 0 Å². The van der Waals surface area contributed by atoms with Gasteiger partial charge < -0.3 is 24.5 Å². The van der Waals surface area contributed by atoms with Crippen LogP contribution in [-0.2, 0) is 29.1 Å². The number of carbonyl (C=O) groups excluding carboxylic acids is 2. The molecule has 0 spiro atoms. The van der Waals surface area contributed by atoms with Crippen molar-refractivity contribution < 1.29 is 44.0 Å². The number of piperidine rings is 1. The molecule has 4 aromatic rings. The Kier molecular flexibility index (Phi) is 15.0. The average Bonchev–Trinajstić information content (AvgIpc) is 2.98. The maximum atomic E-state index is 8.89. The van der Waals surface area contributed by atoms with Gasteiger partial charge in [-0.1, -0.05) is 30.7 Å². The molecule has 1 saturated heterocycles. The Morgan fingerprint density at radius 1 is 0.738 bits per heavy atom. The third kappa shape index (κ3) is 12.2. The minimum absolute atomic E-state index is 0. The molecule has 0 saturated carbocycles. The van der Waals surface area contributed by atoms with Crippen molar-refractivity contribution in [2.45, 2.75) is 33.1 Å². The monoisotopic (exact) mass is 618 g/mol. The van der Waals surface area contributed by atoms with Gasteiger partial charge in [-0.2, -0.15) is 0 Å². The summed E-state index contributed by atoms with van der Waals surface area (Å²) in [7, 11) is 0. The Bertz CT molecular complexity index is 1290. The first-order valence-corrected chi connectivity index (χ1v) is 13.5. The number of carboxylic acids is 2. The van der Waals surface area contributed by atoms with Crippen LogP contribution in [0.2, 0.25) is 0 Å². The molecule has 1 aliphatic rings. The molecule has 0 radical (unpaired) electrons. The van der Waals surface area contributed by atoms with Crippen LogP contribution in [0.5, 0.6) is 5.75 Å². The zero-order chi connectivity index (χ0) is 29.5. The predicted octanol–water partition coefficient (Wildman–Crippen LogP) is 3.25. The molecule has 0 atom stereocenters. The predicted molar refractivity (Wildman–Crippen MR) is 153 cm³/mol. The maximum absolute atomic E-state index is 8.89. The summed E-state index contributed by atoms with van der Waals surface area (Å²) in [6.07, 6.45) is 7.56. The zero-order valence-electron chi connectivity index (χ0n) is 24.1. The molecule has 0 unspecified atom stereocenters. The SMILES string of the molecule is CC(=O)[O-].CC(=O)[O-].[Zn+2].c1ccc(-c2cc(-c3ccc(OCCN4CCCCC4)cc3)cc(-c3ccccn3)n2)nc1. The van der Waals surface area contributed by atoms with Crippen LogP contribution in [-0.4, -0.2) is 58.0 Å². The number of carbonyl (C=O) groups is 2. The summed E-state index contributed by atoms with van der Waals surface area (Å²) in [5, 5.41) is 17.8. The van der Waals surface area contributed by atoms with E-state index in [0.29, 0.717) is 0 Å². The summed E-state index contributed by atoms with van der Waals surface area (Å²) in [4.78, 5) is 34.1. The van der Waals surface area contributed by atoms with Crippen molar-refractivity contribution in [2.75, 3.05) is 26.2 Å². The van der Waals surface area contributed by atoms with Gasteiger partial charge in [-0.15, -0.1) is 0 Å². The van der Waals surface area contributed by atoms with Crippen molar-refractivity contribution in [3.05, 3.63) is 85.2 Å². The molecule has 0 aliphatic carbocycles. The molecule has 0 N–H and O–H groups in total. The van der Waals surface area contributed by atoms with Crippen molar-refractivity contribution in [1.82, 2.24) is 19.9 Å². The molecule has 9 nitrogen and oxygen atoms in total. The number of hydrogen-bond acceptors (Lipinski definition) is 9. The van der Waals surface area contributed by atoms with Gasteiger partial charge in [-0.25, -0.2) is 4.98 Å². The molecule has 1 aromatic carbocycles. The van der Waals surface area contributed by atoms with Gasteiger partial charge in [0.15, 0.2) is 0 Å². The third-order valence-corrected chi connectivity index (χ3v) is 5.99. The second kappa shape index (κ2) is 18.4. The maximum Gasteiger partial charge on any atom is 2.00 e. The fraction of sp³-hybridized carbons (Fsp3) is 0.281. The van der Waals surface area contributed by atoms with Crippen LogP contribution in [0.4, 0.5) is 0 Å². The molecule has 1 aliphatic heterocycles. The Morgan fingerprint density at radius 3 is 1.69 bits per heavy atom. The summed E-state index contributed by atoms with van der Waals surface area (Å²) in [5.74, 6) is -1.26. The minimum Gasteiger partial charge on any atom is -0.550 e. The first-order valence-electron chi connectivity index (χ1n) is 13.5. The second-order valence-electron chi connectivity index (χ2n) is 9.31. The first-order chi connectivity index (χ1) is 19.8. The number of benzene rings is 1. The van der Waals surface area contributed by atoms with Gasteiger partial charge >= 0.3 is 19.5 Å². The average molecular weight is 620 g/mol. The van der Waals surface area contributed by atoms with E-state index >= 15 is 0 Å². The number of ether oxygens (including phenoxy) is 1. The molecule has 4 heterocycles. The van der Waals surface area contributed by atoms with Crippen molar-refractivity contribution in [2.24, 2.45) is 0 Å². The number of hydrogen-bond donors (Lipinski definition) is 0. The number of likely N-dealkylation sites (tertiary alicyclic amines) is 1. The fourth-order valence-corrected chi connectivity index (χ4v) is 4.21. The zero-order valence-corrected chi connectivity index (χ0v) is 27.0. The van der Waals surface area contributed by atoms with Gasteiger partial charge in [0, 0.05) is 30.9 Å². The number of pyridine rings is 3. The van der Waals surface area contributed by atoms with Gasteiger partial charge in [-0.3, -0.25) is 14.9 Å². The Morgan fingerprint density at radius 2 is 1.24 bits per heavy atom. The van der Waals surface area contributed by atoms with Crippen molar-refractivity contribution in [3.8, 4) is 39.7 Å². The smallest absolute Gasteiger partial charge is 0.550 e. The van der Waals surface area contributed by atoms with E-state index in [1.54, 1.807) is 12.4 Å². The Hall–Kier alpha value is -4.01. The number of rotatable bonds is 7. The van der Waals surface area contributed by atoms with Crippen LogP contribution in [0.15, 0.2) is 85.2 Å². The van der Waals surface area contributed by atoms with E-state index in [4.69, 9.17) is 29.5 Å². The number of aromatic nitrogens is 3. The van der Waals surface area contributed by atoms with Crippen LogP contribution in [0.25, 0.3) is 33.9 Å². The molecule has 42 heavy (non-hydrogen) atoms. The number of aliphatic carboxylic acids is 2. The second-order valence-corrected chi connectivity index (χ2v) is 9.31. The van der Waals surface area contributed by atoms with Gasteiger partial charge in [-0.05, 0) is 99.4 Å². The first kappa shape index (κ1) is 34.2. The Labute approximate surface area is 259 Å². The quantitative estimate of drug-likeness (QED) is 0.286. The summed E-state index contributed by atoms with van der Waals surface area (Å²) in [6, 6.07) is 24.2. The van der Waals surface area contributed by atoms with Crippen LogP contribution in [0, 0.1) is 0 Å².